The molecule has 1 fully saturated rings. The fourth-order valence-electron chi connectivity index (χ4n) is 3.06. The van der Waals surface area contributed by atoms with Gasteiger partial charge in [-0.2, -0.15) is 0 Å². The SMILES string of the molecule is CC1(C)C(CN)C1c1cc2ccccc2[nH]1. The molecule has 2 nitrogen and oxygen atoms in total. The van der Waals surface area contributed by atoms with Crippen LogP contribution in [0.1, 0.15) is 25.5 Å². The van der Waals surface area contributed by atoms with Crippen LogP contribution in [0.15, 0.2) is 30.3 Å². The lowest BCUT2D eigenvalue weighted by Gasteiger charge is -1.99. The molecule has 1 aromatic heterocycles. The van der Waals surface area contributed by atoms with Gasteiger partial charge in [0.05, 0.1) is 0 Å². The van der Waals surface area contributed by atoms with Crippen molar-refractivity contribution in [1.82, 2.24) is 4.98 Å². The van der Waals surface area contributed by atoms with Crippen molar-refractivity contribution >= 4 is 10.9 Å². The van der Waals surface area contributed by atoms with Crippen LogP contribution in [0.25, 0.3) is 10.9 Å². The number of aromatic nitrogens is 1. The lowest BCUT2D eigenvalue weighted by molar-refractivity contribution is 0.558. The third kappa shape index (κ3) is 1.23. The molecular weight excluding hydrogens is 196 g/mol. The van der Waals surface area contributed by atoms with Crippen molar-refractivity contribution in [1.29, 1.82) is 0 Å². The number of hydrogen-bond acceptors (Lipinski definition) is 1. The summed E-state index contributed by atoms with van der Waals surface area (Å²) < 4.78 is 0. The summed E-state index contributed by atoms with van der Waals surface area (Å²) in [5.74, 6) is 1.23. The summed E-state index contributed by atoms with van der Waals surface area (Å²) in [6.45, 7) is 5.40. The number of benzene rings is 1. The highest BCUT2D eigenvalue weighted by Crippen LogP contribution is 2.63. The van der Waals surface area contributed by atoms with Gasteiger partial charge in [0, 0.05) is 17.1 Å². The molecule has 3 N–H and O–H groups in total. The van der Waals surface area contributed by atoms with Gasteiger partial charge in [0.25, 0.3) is 0 Å². The van der Waals surface area contributed by atoms with Gasteiger partial charge >= 0.3 is 0 Å². The normalized spacial score (nSPS) is 27.2. The number of nitrogens with one attached hydrogen (secondary N) is 1. The maximum Gasteiger partial charge on any atom is 0.0456 e. The molecule has 2 unspecified atom stereocenters. The van der Waals surface area contributed by atoms with E-state index in [2.05, 4.69) is 49.2 Å². The summed E-state index contributed by atoms with van der Waals surface area (Å²) in [4.78, 5) is 3.52. The van der Waals surface area contributed by atoms with Crippen molar-refractivity contribution in [2.45, 2.75) is 19.8 Å². The largest absolute Gasteiger partial charge is 0.358 e. The number of H-pyrrole nitrogens is 1. The van der Waals surface area contributed by atoms with Gasteiger partial charge in [0.1, 0.15) is 0 Å². The molecular formula is C14H18N2. The van der Waals surface area contributed by atoms with Crippen LogP contribution < -0.4 is 5.73 Å². The number of fused-ring (bicyclic) bond motifs is 1. The molecule has 2 atom stereocenters. The van der Waals surface area contributed by atoms with Crippen LogP contribution in [0.2, 0.25) is 0 Å². The fraction of sp³-hybridized carbons (Fsp3) is 0.429. The summed E-state index contributed by atoms with van der Waals surface area (Å²) in [5, 5.41) is 1.30. The third-order valence-corrected chi connectivity index (χ3v) is 4.19. The maximum absolute atomic E-state index is 5.82. The second-order valence-electron chi connectivity index (χ2n) is 5.45. The minimum Gasteiger partial charge on any atom is -0.358 e. The Hall–Kier alpha value is -1.28. The van der Waals surface area contributed by atoms with E-state index in [1.165, 1.54) is 16.6 Å². The first-order valence-electron chi connectivity index (χ1n) is 5.92. The monoisotopic (exact) mass is 214 g/mol. The van der Waals surface area contributed by atoms with E-state index in [-0.39, 0.29) is 0 Å². The van der Waals surface area contributed by atoms with Crippen molar-refractivity contribution in [3.05, 3.63) is 36.0 Å². The third-order valence-electron chi connectivity index (χ3n) is 4.19. The molecule has 1 aliphatic rings. The molecule has 0 spiro atoms. The zero-order valence-corrected chi connectivity index (χ0v) is 9.83. The van der Waals surface area contributed by atoms with E-state index in [4.69, 9.17) is 5.73 Å². The number of aromatic amines is 1. The highest BCUT2D eigenvalue weighted by atomic mass is 14.8. The van der Waals surface area contributed by atoms with Crippen LogP contribution in [-0.4, -0.2) is 11.5 Å². The molecule has 1 heterocycles. The fourth-order valence-corrected chi connectivity index (χ4v) is 3.06. The Bertz CT molecular complexity index is 491. The van der Waals surface area contributed by atoms with Crippen molar-refractivity contribution in [2.75, 3.05) is 6.54 Å². The molecule has 2 aromatic rings. The van der Waals surface area contributed by atoms with Gasteiger partial charge in [-0.25, -0.2) is 0 Å². The highest BCUT2D eigenvalue weighted by molar-refractivity contribution is 5.80. The first-order chi connectivity index (χ1) is 7.64. The molecule has 0 bridgehead atoms. The smallest absolute Gasteiger partial charge is 0.0456 e. The van der Waals surface area contributed by atoms with E-state index in [1.807, 2.05) is 0 Å². The van der Waals surface area contributed by atoms with Crippen molar-refractivity contribution in [3.63, 3.8) is 0 Å². The predicted molar refractivity (Wildman–Crippen MR) is 67.4 cm³/mol. The second-order valence-corrected chi connectivity index (χ2v) is 5.45. The van der Waals surface area contributed by atoms with Gasteiger partial charge in [0.2, 0.25) is 0 Å². The average Bonchev–Trinajstić information content (AvgIpc) is 2.65. The second kappa shape index (κ2) is 3.11. The van der Waals surface area contributed by atoms with Gasteiger partial charge in [-0.1, -0.05) is 32.0 Å². The van der Waals surface area contributed by atoms with E-state index in [0.29, 0.717) is 17.3 Å². The van der Waals surface area contributed by atoms with Gasteiger partial charge in [-0.15, -0.1) is 0 Å². The molecule has 1 aromatic carbocycles. The Morgan fingerprint density at radius 1 is 1.31 bits per heavy atom. The molecule has 3 rings (SSSR count). The van der Waals surface area contributed by atoms with Crippen LogP contribution in [0.5, 0.6) is 0 Å². The average molecular weight is 214 g/mol. The Morgan fingerprint density at radius 3 is 2.69 bits per heavy atom. The van der Waals surface area contributed by atoms with Crippen LogP contribution in [-0.2, 0) is 0 Å². The van der Waals surface area contributed by atoms with Crippen molar-refractivity contribution < 1.29 is 0 Å². The lowest BCUT2D eigenvalue weighted by Crippen LogP contribution is -2.05. The molecule has 0 saturated heterocycles. The summed E-state index contributed by atoms with van der Waals surface area (Å²) in [6.07, 6.45) is 0. The van der Waals surface area contributed by atoms with E-state index >= 15 is 0 Å². The van der Waals surface area contributed by atoms with Crippen LogP contribution >= 0.6 is 0 Å². The molecule has 1 aliphatic carbocycles. The summed E-state index contributed by atoms with van der Waals surface area (Å²) in [6, 6.07) is 10.7. The number of para-hydroxylation sites is 1. The predicted octanol–water partition coefficient (Wildman–Crippen LogP) is 2.87. The zero-order chi connectivity index (χ0) is 11.3. The molecule has 0 radical (unpaired) electrons. The quantitative estimate of drug-likeness (QED) is 0.793. The van der Waals surface area contributed by atoms with Gasteiger partial charge in [0.15, 0.2) is 0 Å². The molecule has 0 aliphatic heterocycles. The van der Waals surface area contributed by atoms with E-state index in [9.17, 15) is 0 Å². The van der Waals surface area contributed by atoms with Gasteiger partial charge in [-0.3, -0.25) is 0 Å². The first kappa shape index (κ1) is 9.91. The van der Waals surface area contributed by atoms with Gasteiger partial charge in [-0.05, 0) is 35.4 Å². The minimum atomic E-state index is 0.357. The van der Waals surface area contributed by atoms with Gasteiger partial charge < -0.3 is 10.7 Å². The lowest BCUT2D eigenvalue weighted by atomic mass is 10.1. The Morgan fingerprint density at radius 2 is 2.06 bits per heavy atom. The van der Waals surface area contributed by atoms with Crippen molar-refractivity contribution in [3.8, 4) is 0 Å². The Balaban J connectivity index is 2.02. The summed E-state index contributed by atoms with van der Waals surface area (Å²) in [5.41, 5.74) is 8.76. The number of nitrogens with two attached hydrogens (primary N) is 1. The zero-order valence-electron chi connectivity index (χ0n) is 9.83. The summed E-state index contributed by atoms with van der Waals surface area (Å²) in [7, 11) is 0. The maximum atomic E-state index is 5.82. The molecule has 1 saturated carbocycles. The molecule has 84 valence electrons. The van der Waals surface area contributed by atoms with Crippen LogP contribution in [0, 0.1) is 11.3 Å². The van der Waals surface area contributed by atoms with Crippen LogP contribution in [0.4, 0.5) is 0 Å². The molecule has 2 heteroatoms. The number of hydrogen-bond donors (Lipinski definition) is 2. The van der Waals surface area contributed by atoms with Crippen molar-refractivity contribution in [2.24, 2.45) is 17.1 Å². The Kier molecular flexibility index (Phi) is 1.93. The summed E-state index contributed by atoms with van der Waals surface area (Å²) >= 11 is 0. The van der Waals surface area contributed by atoms with E-state index < -0.39 is 0 Å². The van der Waals surface area contributed by atoms with Crippen LogP contribution in [0.3, 0.4) is 0 Å². The molecule has 0 amide bonds. The highest BCUT2D eigenvalue weighted by Gasteiger charge is 2.57. The first-order valence-corrected chi connectivity index (χ1v) is 5.92. The Labute approximate surface area is 95.8 Å². The topological polar surface area (TPSA) is 41.8 Å². The van der Waals surface area contributed by atoms with E-state index in [1.54, 1.807) is 0 Å². The standard InChI is InChI=1S/C14H18N2/c1-14(2)10(8-15)13(14)12-7-9-5-3-4-6-11(9)16-12/h3-7,10,13,16H,8,15H2,1-2H3. The number of rotatable bonds is 2. The van der Waals surface area contributed by atoms with E-state index in [0.717, 1.165) is 6.54 Å². The molecule has 16 heavy (non-hydrogen) atoms. The minimum absolute atomic E-state index is 0.357.